The number of anilines is 1. The Balaban J connectivity index is 1.22. The van der Waals surface area contributed by atoms with Crippen LogP contribution in [-0.2, 0) is 14.4 Å². The average molecular weight is 566 g/mol. The lowest BCUT2D eigenvalue weighted by atomic mass is 9.68. The van der Waals surface area contributed by atoms with Crippen molar-refractivity contribution in [1.29, 1.82) is 0 Å². The molecule has 3 amide bonds. The van der Waals surface area contributed by atoms with Crippen LogP contribution in [0, 0.1) is 35.4 Å². The van der Waals surface area contributed by atoms with Gasteiger partial charge in [0.05, 0.1) is 16.9 Å². The van der Waals surface area contributed by atoms with Gasteiger partial charge in [-0.2, -0.15) is 0 Å². The number of thioether (sulfide) groups is 1. The van der Waals surface area contributed by atoms with Crippen LogP contribution >= 0.6 is 23.1 Å². The summed E-state index contributed by atoms with van der Waals surface area (Å²) in [7, 11) is 0. The molecule has 3 heterocycles. The Morgan fingerprint density at radius 3 is 2.49 bits per heavy atom. The largest absolute Gasteiger partial charge is 0.508 e. The highest BCUT2D eigenvalue weighted by Crippen LogP contribution is 2.69. The summed E-state index contributed by atoms with van der Waals surface area (Å²) in [6, 6.07) is 11.4. The third kappa shape index (κ3) is 3.55. The van der Waals surface area contributed by atoms with Gasteiger partial charge >= 0.3 is 4.87 Å². The van der Waals surface area contributed by atoms with Crippen molar-refractivity contribution in [3.05, 3.63) is 74.5 Å². The summed E-state index contributed by atoms with van der Waals surface area (Å²) < 4.78 is 13.3. The predicted molar refractivity (Wildman–Crippen MR) is 143 cm³/mol. The van der Waals surface area contributed by atoms with Gasteiger partial charge in [0.15, 0.2) is 0 Å². The fourth-order valence-corrected chi connectivity index (χ4v) is 10.3. The highest BCUT2D eigenvalue weighted by molar-refractivity contribution is 8.00. The van der Waals surface area contributed by atoms with E-state index in [2.05, 4.69) is 10.3 Å². The summed E-state index contributed by atoms with van der Waals surface area (Å²) >= 11 is 2.70. The van der Waals surface area contributed by atoms with Crippen LogP contribution in [0.2, 0.25) is 0 Å². The van der Waals surface area contributed by atoms with Crippen molar-refractivity contribution in [3.8, 4) is 5.75 Å². The number of imide groups is 1. The number of rotatable bonds is 4. The summed E-state index contributed by atoms with van der Waals surface area (Å²) in [5.74, 6) is -3.09. The second-order valence-electron chi connectivity index (χ2n) is 10.7. The number of amides is 3. The molecular weight excluding hydrogens is 541 g/mol. The number of aromatic amines is 1. The second-order valence-corrected chi connectivity index (χ2v) is 12.9. The van der Waals surface area contributed by atoms with Gasteiger partial charge in [-0.3, -0.25) is 24.1 Å². The molecule has 1 saturated heterocycles. The maximum absolute atomic E-state index is 13.8. The van der Waals surface area contributed by atoms with Gasteiger partial charge in [-0.05, 0) is 61.4 Å². The summed E-state index contributed by atoms with van der Waals surface area (Å²) in [5, 5.41) is 14.2. The van der Waals surface area contributed by atoms with Crippen LogP contribution in [0.5, 0.6) is 5.75 Å². The lowest BCUT2D eigenvalue weighted by Gasteiger charge is -2.43. The Morgan fingerprint density at radius 2 is 1.77 bits per heavy atom. The molecule has 8 atom stereocenters. The molecule has 0 spiro atoms. The molecule has 11 heteroatoms. The van der Waals surface area contributed by atoms with Crippen molar-refractivity contribution in [1.82, 2.24) is 9.88 Å². The van der Waals surface area contributed by atoms with E-state index in [1.54, 1.807) is 23.9 Å². The number of thiazole rings is 1. The van der Waals surface area contributed by atoms with Crippen LogP contribution in [-0.4, -0.2) is 44.0 Å². The molecular formula is C28H24FN3O5S2. The molecule has 2 aliphatic heterocycles. The smallest absolute Gasteiger partial charge is 0.305 e. The highest BCUT2D eigenvalue weighted by Gasteiger charge is 2.70. The third-order valence-corrected chi connectivity index (χ3v) is 11.5. The Labute approximate surface area is 230 Å². The number of carbonyl (C=O) groups is 3. The van der Waals surface area contributed by atoms with Crippen LogP contribution in [0.3, 0.4) is 0 Å². The predicted octanol–water partition coefficient (Wildman–Crippen LogP) is 3.78. The van der Waals surface area contributed by atoms with Crippen molar-refractivity contribution >= 4 is 46.5 Å². The molecule has 4 aliphatic rings. The molecule has 2 saturated carbocycles. The van der Waals surface area contributed by atoms with Crippen LogP contribution in [0.1, 0.15) is 29.7 Å². The Kier molecular flexibility index (Phi) is 5.54. The first-order chi connectivity index (χ1) is 18.7. The summed E-state index contributed by atoms with van der Waals surface area (Å²) in [4.78, 5) is 57.7. The second kappa shape index (κ2) is 8.79. The Morgan fingerprint density at radius 1 is 1.08 bits per heavy atom. The maximum Gasteiger partial charge on any atom is 0.305 e. The van der Waals surface area contributed by atoms with Crippen molar-refractivity contribution in [2.45, 2.75) is 35.6 Å². The van der Waals surface area contributed by atoms with E-state index in [9.17, 15) is 28.7 Å². The quantitative estimate of drug-likeness (QED) is 0.415. The van der Waals surface area contributed by atoms with Gasteiger partial charge in [-0.15, -0.1) is 11.8 Å². The molecule has 8 nitrogen and oxygen atoms in total. The lowest BCUT2D eigenvalue weighted by Crippen LogP contribution is -2.46. The van der Waals surface area contributed by atoms with Crippen LogP contribution in [0.4, 0.5) is 10.1 Å². The van der Waals surface area contributed by atoms with E-state index in [4.69, 9.17) is 0 Å². The molecule has 39 heavy (non-hydrogen) atoms. The number of phenols is 1. The van der Waals surface area contributed by atoms with Crippen LogP contribution in [0.15, 0.2) is 58.4 Å². The van der Waals surface area contributed by atoms with E-state index in [0.29, 0.717) is 17.7 Å². The van der Waals surface area contributed by atoms with Gasteiger partial charge in [0.25, 0.3) is 0 Å². The van der Waals surface area contributed by atoms with Crippen LogP contribution in [0.25, 0.3) is 0 Å². The number of nitrogens with one attached hydrogen (secondary N) is 2. The van der Waals surface area contributed by atoms with Gasteiger partial charge in [-0.1, -0.05) is 29.5 Å². The molecule has 2 bridgehead atoms. The molecule has 200 valence electrons. The fourth-order valence-electron chi connectivity index (χ4n) is 7.42. The highest BCUT2D eigenvalue weighted by atomic mass is 32.2. The summed E-state index contributed by atoms with van der Waals surface area (Å²) in [5.41, 5.74) is 1.09. The molecule has 7 rings (SSSR count). The average Bonchev–Trinajstić information content (AvgIpc) is 3.64. The minimum absolute atomic E-state index is 0.0151. The summed E-state index contributed by atoms with van der Waals surface area (Å²) in [6.07, 6.45) is 0.711. The zero-order valence-corrected chi connectivity index (χ0v) is 22.3. The molecule has 3 fully saturated rings. The minimum atomic E-state index is -1.03. The number of halogens is 1. The molecule has 1 aromatic heterocycles. The van der Waals surface area contributed by atoms with E-state index >= 15 is 0 Å². The van der Waals surface area contributed by atoms with Crippen molar-refractivity contribution < 1.29 is 23.9 Å². The first-order valence-corrected chi connectivity index (χ1v) is 14.5. The van der Waals surface area contributed by atoms with Gasteiger partial charge in [0, 0.05) is 27.3 Å². The first kappa shape index (κ1) is 24.6. The number of para-hydroxylation sites is 1. The number of fused-ring (bicyclic) bond motifs is 9. The number of aromatic hydroxyl groups is 1. The molecule has 3 aromatic rings. The minimum Gasteiger partial charge on any atom is -0.508 e. The monoisotopic (exact) mass is 565 g/mol. The van der Waals surface area contributed by atoms with Gasteiger partial charge in [0.1, 0.15) is 17.6 Å². The molecule has 8 unspecified atom stereocenters. The van der Waals surface area contributed by atoms with Gasteiger partial charge in [0.2, 0.25) is 17.7 Å². The zero-order valence-electron chi connectivity index (χ0n) is 20.7. The number of likely N-dealkylation sites (tertiary alicyclic amines) is 1. The topological polar surface area (TPSA) is 120 Å². The SMILES string of the molecule is CC(C(=O)Nc1ccc(F)cc1)N1C(=O)C2C3CC(C2C1=O)C1C(c2ccccc2O)c2sc(=O)[nH]c2SC31. The van der Waals surface area contributed by atoms with Gasteiger partial charge < -0.3 is 15.4 Å². The fraction of sp³-hybridized carbons (Fsp3) is 0.357. The third-order valence-electron chi connectivity index (χ3n) is 8.91. The van der Waals surface area contributed by atoms with E-state index in [1.165, 1.54) is 31.2 Å². The number of benzene rings is 2. The van der Waals surface area contributed by atoms with Crippen molar-refractivity contribution in [3.63, 3.8) is 0 Å². The number of hydrogen-bond donors (Lipinski definition) is 3. The Bertz CT molecular complexity index is 1590. The number of phenolic OH excluding ortho intramolecular Hbond substituents is 1. The maximum atomic E-state index is 13.8. The van der Waals surface area contributed by atoms with E-state index in [1.807, 2.05) is 12.1 Å². The number of aromatic nitrogens is 1. The number of nitrogens with zero attached hydrogens (tertiary/aromatic N) is 1. The number of hydrogen-bond acceptors (Lipinski definition) is 7. The zero-order chi connectivity index (χ0) is 27.2. The van der Waals surface area contributed by atoms with Crippen LogP contribution < -0.4 is 10.2 Å². The number of carbonyl (C=O) groups excluding carboxylic acids is 3. The molecule has 2 aliphatic carbocycles. The van der Waals surface area contributed by atoms with Crippen molar-refractivity contribution in [2.24, 2.45) is 29.6 Å². The van der Waals surface area contributed by atoms with Gasteiger partial charge in [-0.25, -0.2) is 4.39 Å². The Hall–Kier alpha value is -3.44. The first-order valence-electron chi connectivity index (χ1n) is 12.9. The van der Waals surface area contributed by atoms with E-state index < -0.39 is 29.6 Å². The normalized spacial score (nSPS) is 31.1. The standard InChI is InChI=1S/C28H24FN3O5S2/c1-11(24(34)30-13-8-6-12(29)7-9-13)32-26(35)20-15-10-16(21(20)27(32)36)22-19(15)18(14-4-2-3-5-17(14)33)23-25(38-22)31-28(37)39-23/h2-9,11,15-16,18-22,33H,10H2,1H3,(H,30,34)(H,31,37). The number of H-pyrrole nitrogens is 1. The summed E-state index contributed by atoms with van der Waals surface area (Å²) in [6.45, 7) is 1.53. The molecule has 2 aromatic carbocycles. The van der Waals surface area contributed by atoms with Crippen molar-refractivity contribution in [2.75, 3.05) is 5.32 Å². The molecule has 3 N–H and O–H groups in total. The lowest BCUT2D eigenvalue weighted by molar-refractivity contribution is -0.146. The molecule has 0 radical (unpaired) electrons. The van der Waals surface area contributed by atoms with E-state index in [-0.39, 0.29) is 51.4 Å². The van der Waals surface area contributed by atoms with E-state index in [0.717, 1.165) is 26.1 Å².